The maximum absolute atomic E-state index is 12.4. The number of rotatable bonds is 14. The maximum atomic E-state index is 12.4. The van der Waals surface area contributed by atoms with Crippen molar-refractivity contribution in [3.63, 3.8) is 0 Å². The number of benzene rings is 1. The lowest BCUT2D eigenvalue weighted by Gasteiger charge is -2.28. The van der Waals surface area contributed by atoms with E-state index in [1.165, 1.54) is 0 Å². The predicted molar refractivity (Wildman–Crippen MR) is 121 cm³/mol. The van der Waals surface area contributed by atoms with Crippen molar-refractivity contribution in [2.45, 2.75) is 50.7 Å². The quantitative estimate of drug-likeness (QED) is 0.179. The van der Waals surface area contributed by atoms with Gasteiger partial charge in [0.05, 0.1) is 38.1 Å². The fourth-order valence-corrected chi connectivity index (χ4v) is 3.24. The summed E-state index contributed by atoms with van der Waals surface area (Å²) in [4.78, 5) is 34.3. The molecule has 0 amide bonds. The average Bonchev–Trinajstić information content (AvgIpc) is 2.84. The summed E-state index contributed by atoms with van der Waals surface area (Å²) in [6.07, 6.45) is 6.59. The normalized spacial score (nSPS) is 17.5. The van der Waals surface area contributed by atoms with Gasteiger partial charge in [0.2, 0.25) is 0 Å². The molecule has 1 aromatic carbocycles. The molecule has 2 rings (SSSR count). The van der Waals surface area contributed by atoms with Crippen LogP contribution in [-0.4, -0.2) is 56.5 Å². The molecule has 0 radical (unpaired) electrons. The van der Waals surface area contributed by atoms with E-state index in [2.05, 4.69) is 13.2 Å². The summed E-state index contributed by atoms with van der Waals surface area (Å²) < 4.78 is 26.8. The standard InChI is InChI=1S/C25H32O8/c1-3-23(26)31-17-5-15-29-20-9-7-19(8-10-20)25(28)33-22-13-11-21(12-14-22)30-16-6-18-32-24(27)4-2/h3-4,7-10,21-22H,1-2,5-6,11-18H2. The molecule has 0 unspecified atom stereocenters. The Bertz CT molecular complexity index is 778. The first kappa shape index (κ1) is 26.1. The third kappa shape index (κ3) is 10.4. The average molecular weight is 461 g/mol. The molecule has 0 atom stereocenters. The molecule has 0 heterocycles. The van der Waals surface area contributed by atoms with E-state index in [1.54, 1.807) is 24.3 Å². The van der Waals surface area contributed by atoms with Gasteiger partial charge in [0, 0.05) is 25.0 Å². The molecule has 1 aliphatic carbocycles. The molecular weight excluding hydrogens is 428 g/mol. The Morgan fingerprint density at radius 3 is 1.91 bits per heavy atom. The van der Waals surface area contributed by atoms with Crippen LogP contribution >= 0.6 is 0 Å². The van der Waals surface area contributed by atoms with E-state index in [0.29, 0.717) is 44.0 Å². The lowest BCUT2D eigenvalue weighted by Crippen LogP contribution is -2.28. The summed E-state index contributed by atoms with van der Waals surface area (Å²) in [7, 11) is 0. The fourth-order valence-electron chi connectivity index (χ4n) is 3.24. The first-order valence-corrected chi connectivity index (χ1v) is 11.2. The summed E-state index contributed by atoms with van der Waals surface area (Å²) in [6, 6.07) is 6.76. The monoisotopic (exact) mass is 460 g/mol. The van der Waals surface area contributed by atoms with Crippen LogP contribution in [0.15, 0.2) is 49.6 Å². The molecule has 33 heavy (non-hydrogen) atoms. The van der Waals surface area contributed by atoms with Gasteiger partial charge in [-0.15, -0.1) is 0 Å². The largest absolute Gasteiger partial charge is 0.493 e. The van der Waals surface area contributed by atoms with Gasteiger partial charge in [-0.05, 0) is 49.9 Å². The Kier molecular flexibility index (Phi) is 11.7. The topological polar surface area (TPSA) is 97.4 Å². The van der Waals surface area contributed by atoms with Crippen LogP contribution in [0.2, 0.25) is 0 Å². The molecule has 0 spiro atoms. The van der Waals surface area contributed by atoms with Crippen LogP contribution in [0.1, 0.15) is 48.9 Å². The van der Waals surface area contributed by atoms with Crippen molar-refractivity contribution in [1.29, 1.82) is 0 Å². The molecule has 1 aromatic rings. The van der Waals surface area contributed by atoms with E-state index in [9.17, 15) is 14.4 Å². The highest BCUT2D eigenvalue weighted by molar-refractivity contribution is 5.89. The third-order valence-corrected chi connectivity index (χ3v) is 5.01. The highest BCUT2D eigenvalue weighted by Crippen LogP contribution is 2.25. The van der Waals surface area contributed by atoms with Crippen LogP contribution < -0.4 is 4.74 Å². The van der Waals surface area contributed by atoms with Crippen molar-refractivity contribution < 1.29 is 38.1 Å². The van der Waals surface area contributed by atoms with Gasteiger partial charge in [-0.2, -0.15) is 0 Å². The zero-order valence-corrected chi connectivity index (χ0v) is 18.9. The van der Waals surface area contributed by atoms with Crippen molar-refractivity contribution in [3.05, 3.63) is 55.1 Å². The van der Waals surface area contributed by atoms with Crippen LogP contribution in [0, 0.1) is 0 Å². The molecule has 0 aromatic heterocycles. The predicted octanol–water partition coefficient (Wildman–Crippen LogP) is 3.79. The summed E-state index contributed by atoms with van der Waals surface area (Å²) in [5, 5.41) is 0. The molecule has 1 aliphatic rings. The molecule has 0 bridgehead atoms. The van der Waals surface area contributed by atoms with Crippen molar-refractivity contribution in [3.8, 4) is 5.75 Å². The summed E-state index contributed by atoms with van der Waals surface area (Å²) >= 11 is 0. The zero-order chi connectivity index (χ0) is 23.9. The molecule has 180 valence electrons. The van der Waals surface area contributed by atoms with Crippen molar-refractivity contribution in [2.24, 2.45) is 0 Å². The first-order chi connectivity index (χ1) is 16.0. The minimum atomic E-state index is -0.456. The summed E-state index contributed by atoms with van der Waals surface area (Å²) in [6.45, 7) is 8.15. The van der Waals surface area contributed by atoms with E-state index in [-0.39, 0.29) is 24.8 Å². The van der Waals surface area contributed by atoms with Gasteiger partial charge in [0.1, 0.15) is 11.9 Å². The molecule has 0 aliphatic heterocycles. The van der Waals surface area contributed by atoms with Gasteiger partial charge in [0.25, 0.3) is 0 Å². The lowest BCUT2D eigenvalue weighted by molar-refractivity contribution is -0.139. The van der Waals surface area contributed by atoms with Crippen molar-refractivity contribution >= 4 is 17.9 Å². The van der Waals surface area contributed by atoms with Gasteiger partial charge >= 0.3 is 17.9 Å². The van der Waals surface area contributed by atoms with E-state index < -0.39 is 11.9 Å². The van der Waals surface area contributed by atoms with Gasteiger partial charge < -0.3 is 23.7 Å². The molecule has 8 nitrogen and oxygen atoms in total. The summed E-state index contributed by atoms with van der Waals surface area (Å²) in [5.74, 6) is -0.615. The number of carbonyl (C=O) groups is 3. The van der Waals surface area contributed by atoms with Crippen molar-refractivity contribution in [2.75, 3.05) is 26.4 Å². The Balaban J connectivity index is 1.60. The Morgan fingerprint density at radius 2 is 1.33 bits per heavy atom. The highest BCUT2D eigenvalue weighted by Gasteiger charge is 2.24. The van der Waals surface area contributed by atoms with E-state index in [1.807, 2.05) is 0 Å². The first-order valence-electron chi connectivity index (χ1n) is 11.2. The second kappa shape index (κ2) is 14.8. The second-order valence-corrected chi connectivity index (χ2v) is 7.50. The van der Waals surface area contributed by atoms with E-state index in [4.69, 9.17) is 23.7 Å². The number of hydrogen-bond donors (Lipinski definition) is 0. The van der Waals surface area contributed by atoms with Crippen LogP contribution in [-0.2, 0) is 28.5 Å². The number of hydrogen-bond acceptors (Lipinski definition) is 8. The number of esters is 3. The Morgan fingerprint density at radius 1 is 0.788 bits per heavy atom. The smallest absolute Gasteiger partial charge is 0.338 e. The maximum Gasteiger partial charge on any atom is 0.338 e. The molecule has 1 fully saturated rings. The fraction of sp³-hybridized carbons (Fsp3) is 0.480. The Hall–Kier alpha value is -3.13. The Labute approximate surface area is 194 Å². The third-order valence-electron chi connectivity index (χ3n) is 5.01. The van der Waals surface area contributed by atoms with Gasteiger partial charge in [0.15, 0.2) is 0 Å². The minimum Gasteiger partial charge on any atom is -0.493 e. The van der Waals surface area contributed by atoms with Gasteiger partial charge in [-0.1, -0.05) is 13.2 Å². The van der Waals surface area contributed by atoms with E-state index in [0.717, 1.165) is 37.8 Å². The SMILES string of the molecule is C=CC(=O)OCCCOc1ccc(C(=O)OC2CCC(OCCCOC(=O)C=C)CC2)cc1. The zero-order valence-electron chi connectivity index (χ0n) is 18.9. The van der Waals surface area contributed by atoms with Gasteiger partial charge in [-0.25, -0.2) is 14.4 Å². The highest BCUT2D eigenvalue weighted by atomic mass is 16.5. The van der Waals surface area contributed by atoms with Gasteiger partial charge in [-0.3, -0.25) is 0 Å². The van der Waals surface area contributed by atoms with Crippen LogP contribution in [0.3, 0.4) is 0 Å². The second-order valence-electron chi connectivity index (χ2n) is 7.50. The minimum absolute atomic E-state index is 0.125. The van der Waals surface area contributed by atoms with Crippen molar-refractivity contribution in [1.82, 2.24) is 0 Å². The molecule has 8 heteroatoms. The van der Waals surface area contributed by atoms with Crippen LogP contribution in [0.4, 0.5) is 0 Å². The molecule has 0 N–H and O–H groups in total. The molecular formula is C25H32O8. The van der Waals surface area contributed by atoms with E-state index >= 15 is 0 Å². The summed E-state index contributed by atoms with van der Waals surface area (Å²) in [5.41, 5.74) is 0.467. The number of carbonyl (C=O) groups excluding carboxylic acids is 3. The van der Waals surface area contributed by atoms with Crippen LogP contribution in [0.25, 0.3) is 0 Å². The lowest BCUT2D eigenvalue weighted by atomic mass is 9.95. The molecule has 1 saturated carbocycles. The number of ether oxygens (including phenoxy) is 5. The molecule has 0 saturated heterocycles. The van der Waals surface area contributed by atoms with Crippen LogP contribution in [0.5, 0.6) is 5.75 Å².